The number of halogens is 3. The maximum Gasteiger partial charge on any atom is 0.416 e. The first kappa shape index (κ1) is 32.1. The van der Waals surface area contributed by atoms with Gasteiger partial charge in [0.25, 0.3) is 10.0 Å². The van der Waals surface area contributed by atoms with Gasteiger partial charge in [0.1, 0.15) is 17.0 Å². The van der Waals surface area contributed by atoms with Crippen LogP contribution < -0.4 is 9.46 Å². The second-order valence-corrected chi connectivity index (χ2v) is 15.4. The van der Waals surface area contributed by atoms with Gasteiger partial charge in [-0.05, 0) is 89.1 Å². The molecule has 1 atom stereocenters. The average Bonchev–Trinajstić information content (AvgIpc) is 3.42. The number of nitrogens with one attached hydrogen (secondary N) is 1. The number of rotatable bonds is 5. The van der Waals surface area contributed by atoms with Crippen LogP contribution in [0.1, 0.15) is 88.0 Å². The molecule has 0 aliphatic carbocycles. The number of amides is 1. The summed E-state index contributed by atoms with van der Waals surface area (Å²) in [6.45, 7) is 9.83. The van der Waals surface area contributed by atoms with Gasteiger partial charge in [-0.2, -0.15) is 13.2 Å². The van der Waals surface area contributed by atoms with Crippen LogP contribution in [0, 0.1) is 0 Å². The Labute approximate surface area is 259 Å². The van der Waals surface area contributed by atoms with E-state index >= 15 is 0 Å². The number of nitrogens with zero attached hydrogens (tertiary/aromatic N) is 2. The SMILES string of the molecule is CC(C)(C)OC(=O)N1CCC(c2cc(C(F)(F)F)ccc2C2CC(C)(C)Oc3cc(S(=O)(=O)Nc4nccs4)ccc32)CC1. The number of benzene rings is 2. The van der Waals surface area contributed by atoms with E-state index in [4.69, 9.17) is 9.47 Å². The second-order valence-electron chi connectivity index (χ2n) is 12.8. The Morgan fingerprint density at radius 2 is 1.75 bits per heavy atom. The van der Waals surface area contributed by atoms with Crippen LogP contribution >= 0.6 is 11.3 Å². The fourth-order valence-electron chi connectivity index (χ4n) is 5.85. The van der Waals surface area contributed by atoms with Crippen molar-refractivity contribution < 1.29 is 35.9 Å². The molecule has 1 unspecified atom stereocenters. The van der Waals surface area contributed by atoms with Crippen LogP contribution in [0.4, 0.5) is 23.1 Å². The number of hydrogen-bond acceptors (Lipinski definition) is 7. The van der Waals surface area contributed by atoms with E-state index in [1.807, 2.05) is 13.8 Å². The maximum atomic E-state index is 13.9. The molecule has 2 aliphatic rings. The van der Waals surface area contributed by atoms with Crippen molar-refractivity contribution in [2.24, 2.45) is 0 Å². The molecule has 1 N–H and O–H groups in total. The minimum Gasteiger partial charge on any atom is -0.487 e. The molecule has 2 aromatic carbocycles. The minimum atomic E-state index is -4.52. The molecule has 0 saturated carbocycles. The zero-order valence-corrected chi connectivity index (χ0v) is 26.8. The molecular formula is C31H36F3N3O5S2. The Bertz CT molecular complexity index is 1630. The first-order valence-electron chi connectivity index (χ1n) is 14.4. The molecule has 0 bridgehead atoms. The molecule has 13 heteroatoms. The lowest BCUT2D eigenvalue weighted by molar-refractivity contribution is -0.137. The summed E-state index contributed by atoms with van der Waals surface area (Å²) in [5.41, 5.74) is -0.0938. The number of hydrogen-bond donors (Lipinski definition) is 1. The van der Waals surface area contributed by atoms with Crippen molar-refractivity contribution in [2.45, 2.75) is 88.0 Å². The second kappa shape index (κ2) is 11.6. The third kappa shape index (κ3) is 7.14. The third-order valence-electron chi connectivity index (χ3n) is 7.78. The summed E-state index contributed by atoms with van der Waals surface area (Å²) >= 11 is 1.15. The van der Waals surface area contributed by atoms with Gasteiger partial charge in [-0.3, -0.25) is 4.72 Å². The lowest BCUT2D eigenvalue weighted by Gasteiger charge is -2.40. The first-order valence-corrected chi connectivity index (χ1v) is 16.7. The summed E-state index contributed by atoms with van der Waals surface area (Å²) in [4.78, 5) is 18.2. The van der Waals surface area contributed by atoms with Crippen LogP contribution in [0.15, 0.2) is 52.9 Å². The van der Waals surface area contributed by atoms with Gasteiger partial charge in [0.2, 0.25) is 0 Å². The van der Waals surface area contributed by atoms with Crippen LogP contribution in [0.25, 0.3) is 0 Å². The lowest BCUT2D eigenvalue weighted by atomic mass is 9.75. The maximum absolute atomic E-state index is 13.9. The molecule has 1 fully saturated rings. The van der Waals surface area contributed by atoms with Crippen LogP contribution in [-0.2, 0) is 20.9 Å². The van der Waals surface area contributed by atoms with Crippen LogP contribution in [0.2, 0.25) is 0 Å². The minimum absolute atomic E-state index is 0.00921. The van der Waals surface area contributed by atoms with E-state index in [0.717, 1.165) is 23.0 Å². The number of aromatic nitrogens is 1. The van der Waals surface area contributed by atoms with E-state index in [0.29, 0.717) is 49.2 Å². The number of fused-ring (bicyclic) bond motifs is 1. The Kier molecular flexibility index (Phi) is 8.43. The largest absolute Gasteiger partial charge is 0.487 e. The summed E-state index contributed by atoms with van der Waals surface area (Å²) in [5.74, 6) is -0.208. The number of thiazole rings is 1. The van der Waals surface area contributed by atoms with Crippen molar-refractivity contribution in [3.8, 4) is 5.75 Å². The molecule has 0 radical (unpaired) electrons. The third-order valence-corrected chi connectivity index (χ3v) is 9.94. The zero-order chi connectivity index (χ0) is 32.1. The number of anilines is 1. The van der Waals surface area contributed by atoms with E-state index in [2.05, 4.69) is 9.71 Å². The Morgan fingerprint density at radius 1 is 1.07 bits per heavy atom. The number of ether oxygens (including phenoxy) is 2. The molecule has 0 spiro atoms. The quantitative estimate of drug-likeness (QED) is 0.303. The van der Waals surface area contributed by atoms with Gasteiger partial charge >= 0.3 is 12.3 Å². The predicted octanol–water partition coefficient (Wildman–Crippen LogP) is 7.77. The molecule has 1 aromatic heterocycles. The van der Waals surface area contributed by atoms with E-state index < -0.39 is 39.1 Å². The van der Waals surface area contributed by atoms with Crippen LogP contribution in [-0.4, -0.2) is 48.7 Å². The topological polar surface area (TPSA) is 97.8 Å². The van der Waals surface area contributed by atoms with Crippen molar-refractivity contribution in [3.05, 3.63) is 70.2 Å². The number of likely N-dealkylation sites (tertiary alicyclic amines) is 1. The van der Waals surface area contributed by atoms with Crippen LogP contribution in [0.3, 0.4) is 0 Å². The normalized spacial score (nSPS) is 19.2. The van der Waals surface area contributed by atoms with Crippen molar-refractivity contribution in [1.29, 1.82) is 0 Å². The van der Waals surface area contributed by atoms with E-state index in [1.165, 1.54) is 24.4 Å². The molecule has 5 rings (SSSR count). The summed E-state index contributed by atoms with van der Waals surface area (Å²) in [6, 6.07) is 8.51. The van der Waals surface area contributed by atoms with E-state index in [9.17, 15) is 26.4 Å². The lowest BCUT2D eigenvalue weighted by Crippen LogP contribution is -2.41. The highest BCUT2D eigenvalue weighted by Crippen LogP contribution is 2.48. The van der Waals surface area contributed by atoms with Gasteiger partial charge < -0.3 is 14.4 Å². The van der Waals surface area contributed by atoms with Gasteiger partial charge in [0, 0.05) is 42.2 Å². The first-order chi connectivity index (χ1) is 20.4. The fourth-order valence-corrected chi connectivity index (χ4v) is 7.65. The summed E-state index contributed by atoms with van der Waals surface area (Å²) in [7, 11) is -3.96. The van der Waals surface area contributed by atoms with Crippen LogP contribution in [0.5, 0.6) is 5.75 Å². The predicted molar refractivity (Wildman–Crippen MR) is 162 cm³/mol. The highest BCUT2D eigenvalue weighted by Gasteiger charge is 2.39. The van der Waals surface area contributed by atoms with Crippen molar-refractivity contribution >= 4 is 32.6 Å². The number of carbonyl (C=O) groups is 1. The average molecular weight is 652 g/mol. The molecular weight excluding hydrogens is 615 g/mol. The number of piperidine rings is 1. The molecule has 2 aliphatic heterocycles. The van der Waals surface area contributed by atoms with Gasteiger partial charge in [-0.1, -0.05) is 12.1 Å². The van der Waals surface area contributed by atoms with E-state index in [-0.39, 0.29) is 21.9 Å². The monoisotopic (exact) mass is 651 g/mol. The number of alkyl halides is 3. The van der Waals surface area contributed by atoms with Gasteiger partial charge in [-0.15, -0.1) is 11.3 Å². The highest BCUT2D eigenvalue weighted by molar-refractivity contribution is 7.93. The van der Waals surface area contributed by atoms with Gasteiger partial charge in [0.15, 0.2) is 5.13 Å². The molecule has 238 valence electrons. The Balaban J connectivity index is 1.50. The smallest absolute Gasteiger partial charge is 0.416 e. The summed E-state index contributed by atoms with van der Waals surface area (Å²) in [5, 5.41) is 1.89. The summed E-state index contributed by atoms with van der Waals surface area (Å²) in [6.07, 6.45) is -2.03. The zero-order valence-electron chi connectivity index (χ0n) is 25.2. The summed E-state index contributed by atoms with van der Waals surface area (Å²) < 4.78 is 82.2. The van der Waals surface area contributed by atoms with Crippen molar-refractivity contribution in [1.82, 2.24) is 9.88 Å². The molecule has 1 amide bonds. The molecule has 44 heavy (non-hydrogen) atoms. The fraction of sp³-hybridized carbons (Fsp3) is 0.484. The van der Waals surface area contributed by atoms with Crippen molar-refractivity contribution in [2.75, 3.05) is 17.8 Å². The molecule has 3 aromatic rings. The van der Waals surface area contributed by atoms with Gasteiger partial charge in [-0.25, -0.2) is 18.2 Å². The number of carbonyl (C=O) groups excluding carboxylic acids is 1. The number of sulfonamides is 1. The van der Waals surface area contributed by atoms with E-state index in [1.54, 1.807) is 43.2 Å². The van der Waals surface area contributed by atoms with Crippen molar-refractivity contribution in [3.63, 3.8) is 0 Å². The Hall–Kier alpha value is -3.32. The molecule has 1 saturated heterocycles. The standard InChI is InChI=1S/C31H36F3N3O5S2/c1-29(2,3)42-28(38)37-13-10-19(11-14-37)24-16-20(31(32,33)34)6-8-22(24)25-18-30(4,5)41-26-17-21(7-9-23(25)26)44(39,40)36-27-35-12-15-43-27/h6-9,12,15-17,19,25H,10-11,13-14,18H2,1-5H3,(H,35,36). The highest BCUT2D eigenvalue weighted by atomic mass is 32.2. The molecule has 8 nitrogen and oxygen atoms in total. The molecule has 3 heterocycles. The van der Waals surface area contributed by atoms with Gasteiger partial charge in [0.05, 0.1) is 10.5 Å². The Morgan fingerprint density at radius 3 is 2.36 bits per heavy atom.